The molecule has 0 amide bonds. The Morgan fingerprint density at radius 1 is 1.18 bits per heavy atom. The Balaban J connectivity index is 3.43. The summed E-state index contributed by atoms with van der Waals surface area (Å²) in [6.45, 7) is 6.09. The molecule has 0 atom stereocenters. The zero-order valence-corrected chi connectivity index (χ0v) is 7.60. The average molecular weight is 160 g/mol. The van der Waals surface area contributed by atoms with Gasteiger partial charge in [0.1, 0.15) is 0 Å². The summed E-state index contributed by atoms with van der Waals surface area (Å²) in [5.41, 5.74) is 10.6. The summed E-state index contributed by atoms with van der Waals surface area (Å²) >= 11 is 0. The normalized spacial score (nSPS) is 12.0. The molecule has 4 N–H and O–H groups in total. The molecule has 0 radical (unpaired) electrons. The first kappa shape index (κ1) is 10.9. The van der Waals surface area contributed by atoms with Gasteiger partial charge in [-0.15, -0.1) is 0 Å². The molecule has 11 heavy (non-hydrogen) atoms. The van der Waals surface area contributed by atoms with Crippen molar-refractivity contribution in [1.82, 2.24) is 0 Å². The van der Waals surface area contributed by atoms with Crippen molar-refractivity contribution in [3.05, 3.63) is 0 Å². The van der Waals surface area contributed by atoms with E-state index in [1.54, 1.807) is 0 Å². The molecule has 0 aromatic rings. The summed E-state index contributed by atoms with van der Waals surface area (Å²) < 4.78 is 5.50. The minimum Gasteiger partial charge on any atom is -0.374 e. The van der Waals surface area contributed by atoms with Crippen LogP contribution < -0.4 is 11.5 Å². The Labute approximate surface area is 69.1 Å². The molecule has 0 fully saturated rings. The molecule has 0 unspecified atom stereocenters. The lowest BCUT2D eigenvalue weighted by Crippen LogP contribution is -2.28. The van der Waals surface area contributed by atoms with Crippen molar-refractivity contribution >= 4 is 0 Å². The molecule has 0 aliphatic rings. The van der Waals surface area contributed by atoms with E-state index in [1.165, 1.54) is 0 Å². The molecule has 0 aliphatic carbocycles. The van der Waals surface area contributed by atoms with Gasteiger partial charge in [-0.1, -0.05) is 0 Å². The summed E-state index contributed by atoms with van der Waals surface area (Å²) in [7, 11) is 0. The quantitative estimate of drug-likeness (QED) is 0.594. The van der Waals surface area contributed by atoms with Gasteiger partial charge in [-0.05, 0) is 33.2 Å². The molecule has 0 saturated carbocycles. The summed E-state index contributed by atoms with van der Waals surface area (Å²) in [6, 6.07) is 0. The van der Waals surface area contributed by atoms with Gasteiger partial charge < -0.3 is 16.2 Å². The van der Waals surface area contributed by atoms with Crippen LogP contribution in [0.3, 0.4) is 0 Å². The third-order valence-electron chi connectivity index (χ3n) is 1.59. The van der Waals surface area contributed by atoms with Crippen LogP contribution in [0.2, 0.25) is 0 Å². The van der Waals surface area contributed by atoms with Gasteiger partial charge in [0.2, 0.25) is 0 Å². The maximum Gasteiger partial charge on any atom is 0.0627 e. The van der Waals surface area contributed by atoms with Crippen LogP contribution in [0.5, 0.6) is 0 Å². The molecule has 0 bridgehead atoms. The number of nitrogens with two attached hydrogens (primary N) is 2. The van der Waals surface area contributed by atoms with Crippen LogP contribution in [0.15, 0.2) is 0 Å². The van der Waals surface area contributed by atoms with E-state index < -0.39 is 0 Å². The van der Waals surface area contributed by atoms with Gasteiger partial charge >= 0.3 is 0 Å². The Hall–Kier alpha value is -0.120. The van der Waals surface area contributed by atoms with E-state index in [0.717, 1.165) is 19.4 Å². The zero-order valence-electron chi connectivity index (χ0n) is 7.60. The highest BCUT2D eigenvalue weighted by Gasteiger charge is 2.16. The summed E-state index contributed by atoms with van der Waals surface area (Å²) in [5.74, 6) is 0. The Morgan fingerprint density at radius 3 is 2.27 bits per heavy atom. The van der Waals surface area contributed by atoms with Crippen molar-refractivity contribution in [2.45, 2.75) is 32.3 Å². The first-order valence-electron chi connectivity index (χ1n) is 4.16. The standard InChI is InChI=1S/C8H20N2O/c1-8(2,4-3-5-9)11-7-6-10/h3-7,9-10H2,1-2H3. The van der Waals surface area contributed by atoms with Crippen molar-refractivity contribution in [2.24, 2.45) is 11.5 Å². The zero-order chi connectivity index (χ0) is 8.74. The summed E-state index contributed by atoms with van der Waals surface area (Å²) in [5, 5.41) is 0. The highest BCUT2D eigenvalue weighted by molar-refractivity contribution is 4.68. The van der Waals surface area contributed by atoms with Crippen molar-refractivity contribution in [2.75, 3.05) is 19.7 Å². The highest BCUT2D eigenvalue weighted by Crippen LogP contribution is 2.15. The van der Waals surface area contributed by atoms with E-state index in [9.17, 15) is 0 Å². The maximum atomic E-state index is 5.50. The lowest BCUT2D eigenvalue weighted by atomic mass is 10.0. The molecule has 68 valence electrons. The van der Waals surface area contributed by atoms with Crippen LogP contribution >= 0.6 is 0 Å². The van der Waals surface area contributed by atoms with E-state index in [2.05, 4.69) is 13.8 Å². The topological polar surface area (TPSA) is 61.3 Å². The maximum absolute atomic E-state index is 5.50. The van der Waals surface area contributed by atoms with Crippen molar-refractivity contribution in [3.63, 3.8) is 0 Å². The molecular weight excluding hydrogens is 140 g/mol. The third-order valence-corrected chi connectivity index (χ3v) is 1.59. The van der Waals surface area contributed by atoms with Gasteiger partial charge in [0.15, 0.2) is 0 Å². The SMILES string of the molecule is CC(C)(CCCN)OCCN. The van der Waals surface area contributed by atoms with Crippen LogP contribution in [-0.2, 0) is 4.74 Å². The number of hydrogen-bond donors (Lipinski definition) is 2. The third kappa shape index (κ3) is 6.28. The van der Waals surface area contributed by atoms with Gasteiger partial charge in [0, 0.05) is 6.54 Å². The molecule has 0 rings (SSSR count). The highest BCUT2D eigenvalue weighted by atomic mass is 16.5. The Bertz CT molecular complexity index is 84.1. The van der Waals surface area contributed by atoms with Crippen LogP contribution in [0, 0.1) is 0 Å². The van der Waals surface area contributed by atoms with E-state index in [0.29, 0.717) is 13.2 Å². The van der Waals surface area contributed by atoms with Gasteiger partial charge in [0.05, 0.1) is 12.2 Å². The van der Waals surface area contributed by atoms with Crippen molar-refractivity contribution in [1.29, 1.82) is 0 Å². The monoisotopic (exact) mass is 160 g/mol. The van der Waals surface area contributed by atoms with Gasteiger partial charge in [-0.2, -0.15) is 0 Å². The van der Waals surface area contributed by atoms with Crippen LogP contribution in [0.4, 0.5) is 0 Å². The predicted octanol–water partition coefficient (Wildman–Crippen LogP) is 0.479. The molecule has 0 aliphatic heterocycles. The molecular formula is C8H20N2O. The number of hydrogen-bond acceptors (Lipinski definition) is 3. The number of ether oxygens (including phenoxy) is 1. The fourth-order valence-electron chi connectivity index (χ4n) is 0.935. The minimum atomic E-state index is -0.0568. The first-order chi connectivity index (χ1) is 5.12. The molecule has 3 nitrogen and oxygen atoms in total. The van der Waals surface area contributed by atoms with Crippen molar-refractivity contribution in [3.8, 4) is 0 Å². The van der Waals surface area contributed by atoms with Crippen LogP contribution in [0.25, 0.3) is 0 Å². The summed E-state index contributed by atoms with van der Waals surface area (Å²) in [6.07, 6.45) is 2.01. The number of rotatable bonds is 6. The molecule has 3 heteroatoms. The lowest BCUT2D eigenvalue weighted by Gasteiger charge is -2.24. The van der Waals surface area contributed by atoms with Gasteiger partial charge in [0.25, 0.3) is 0 Å². The molecule has 0 aromatic heterocycles. The summed E-state index contributed by atoms with van der Waals surface area (Å²) in [4.78, 5) is 0. The Morgan fingerprint density at radius 2 is 1.82 bits per heavy atom. The van der Waals surface area contributed by atoms with Crippen molar-refractivity contribution < 1.29 is 4.74 Å². The second kappa shape index (κ2) is 5.52. The Kier molecular flexibility index (Phi) is 5.46. The van der Waals surface area contributed by atoms with E-state index in [4.69, 9.17) is 16.2 Å². The lowest BCUT2D eigenvalue weighted by molar-refractivity contribution is -0.0199. The van der Waals surface area contributed by atoms with Gasteiger partial charge in [-0.3, -0.25) is 0 Å². The predicted molar refractivity (Wildman–Crippen MR) is 47.4 cm³/mol. The fourth-order valence-corrected chi connectivity index (χ4v) is 0.935. The van der Waals surface area contributed by atoms with Crippen LogP contribution in [0.1, 0.15) is 26.7 Å². The minimum absolute atomic E-state index is 0.0568. The van der Waals surface area contributed by atoms with Gasteiger partial charge in [-0.25, -0.2) is 0 Å². The average Bonchev–Trinajstić information content (AvgIpc) is 1.97. The fraction of sp³-hybridized carbons (Fsp3) is 1.00. The molecule has 0 spiro atoms. The molecule has 0 heterocycles. The van der Waals surface area contributed by atoms with Crippen LogP contribution in [-0.4, -0.2) is 25.3 Å². The second-order valence-electron chi connectivity index (χ2n) is 3.29. The smallest absolute Gasteiger partial charge is 0.0627 e. The first-order valence-corrected chi connectivity index (χ1v) is 4.16. The second-order valence-corrected chi connectivity index (χ2v) is 3.29. The largest absolute Gasteiger partial charge is 0.374 e. The van der Waals surface area contributed by atoms with E-state index in [-0.39, 0.29) is 5.60 Å². The van der Waals surface area contributed by atoms with E-state index >= 15 is 0 Å². The van der Waals surface area contributed by atoms with E-state index in [1.807, 2.05) is 0 Å². The molecule has 0 saturated heterocycles. The molecule has 0 aromatic carbocycles.